The van der Waals surface area contributed by atoms with E-state index in [0.717, 1.165) is 35.1 Å². The number of hydrogen-bond acceptors (Lipinski definition) is 5. The number of nitrogens with zero attached hydrogens (tertiary/aromatic N) is 2. The molecule has 2 atom stereocenters. The van der Waals surface area contributed by atoms with Gasteiger partial charge in [0.25, 0.3) is 0 Å². The average molecular weight is 517 g/mol. The normalized spacial score (nSPS) is 15.6. The molecule has 1 heterocycles. The fourth-order valence-electron chi connectivity index (χ4n) is 4.29. The molecular formula is C27H34F2N4O4. The van der Waals surface area contributed by atoms with Gasteiger partial charge in [0.2, 0.25) is 17.7 Å². The number of hydrogen-bond donors (Lipinski definition) is 3. The monoisotopic (exact) mass is 516 g/mol. The minimum absolute atomic E-state index is 0.0366. The van der Waals surface area contributed by atoms with Crippen LogP contribution >= 0.6 is 0 Å². The Morgan fingerprint density at radius 2 is 1.62 bits per heavy atom. The van der Waals surface area contributed by atoms with Gasteiger partial charge >= 0.3 is 0 Å². The highest BCUT2D eigenvalue weighted by Crippen LogP contribution is 2.13. The van der Waals surface area contributed by atoms with Crippen LogP contribution in [0.5, 0.6) is 0 Å². The number of rotatable bonds is 12. The Morgan fingerprint density at radius 3 is 2.30 bits per heavy atom. The predicted molar refractivity (Wildman–Crippen MR) is 134 cm³/mol. The molecular weight excluding hydrogens is 482 g/mol. The van der Waals surface area contributed by atoms with E-state index in [4.69, 9.17) is 0 Å². The molecule has 0 spiro atoms. The fourth-order valence-corrected chi connectivity index (χ4v) is 4.29. The van der Waals surface area contributed by atoms with Crippen LogP contribution in [0.1, 0.15) is 30.5 Å². The van der Waals surface area contributed by atoms with Gasteiger partial charge in [-0.05, 0) is 48.6 Å². The molecule has 2 aromatic rings. The number of aryl methyl sites for hydroxylation is 1. The second-order valence-electron chi connectivity index (χ2n) is 9.19. The number of carbonyl (C=O) groups is 3. The lowest BCUT2D eigenvalue weighted by Crippen LogP contribution is -2.57. The van der Waals surface area contributed by atoms with Crippen LogP contribution in [0.25, 0.3) is 0 Å². The molecule has 10 heteroatoms. The Labute approximate surface area is 215 Å². The molecule has 3 rings (SSSR count). The van der Waals surface area contributed by atoms with Gasteiger partial charge in [0.05, 0.1) is 18.7 Å². The third kappa shape index (κ3) is 8.33. The molecule has 0 aromatic heterocycles. The van der Waals surface area contributed by atoms with Crippen LogP contribution in [-0.4, -0.2) is 77.5 Å². The quantitative estimate of drug-likeness (QED) is 0.396. The number of aliphatic hydroxyl groups excluding tert-OH is 1. The van der Waals surface area contributed by atoms with Crippen LogP contribution in [-0.2, 0) is 33.8 Å². The molecule has 0 aliphatic carbocycles. The van der Waals surface area contributed by atoms with E-state index in [1.165, 1.54) is 10.5 Å². The Kier molecular flexibility index (Phi) is 10.1. The zero-order valence-electron chi connectivity index (χ0n) is 21.2. The van der Waals surface area contributed by atoms with Gasteiger partial charge < -0.3 is 25.5 Å². The highest BCUT2D eigenvalue weighted by molar-refractivity contribution is 5.95. The largest absolute Gasteiger partial charge is 0.390 e. The molecule has 1 fully saturated rings. The highest BCUT2D eigenvalue weighted by atomic mass is 19.1. The van der Waals surface area contributed by atoms with Gasteiger partial charge in [0.15, 0.2) is 0 Å². The summed E-state index contributed by atoms with van der Waals surface area (Å²) in [5.74, 6) is -2.71. The fraction of sp³-hybridized carbons (Fsp3) is 0.444. The summed E-state index contributed by atoms with van der Waals surface area (Å²) in [5.41, 5.74) is 2.49. The molecule has 1 saturated heterocycles. The molecule has 1 aliphatic rings. The second-order valence-corrected chi connectivity index (χ2v) is 9.19. The van der Waals surface area contributed by atoms with Crippen molar-refractivity contribution in [1.29, 1.82) is 0 Å². The lowest BCUT2D eigenvalue weighted by atomic mass is 10.0. The Hall–Kier alpha value is -3.37. The van der Waals surface area contributed by atoms with E-state index >= 15 is 0 Å². The second kappa shape index (κ2) is 13.3. The first-order valence-electron chi connectivity index (χ1n) is 12.4. The topological polar surface area (TPSA) is 102 Å². The molecule has 3 N–H and O–H groups in total. The van der Waals surface area contributed by atoms with Crippen LogP contribution < -0.4 is 10.6 Å². The van der Waals surface area contributed by atoms with Gasteiger partial charge in [-0.25, -0.2) is 8.78 Å². The number of nitrogens with one attached hydrogen (secondary N) is 2. The number of carbonyl (C=O) groups excluding carboxylic acids is 3. The van der Waals surface area contributed by atoms with Gasteiger partial charge in [-0.3, -0.25) is 14.4 Å². The lowest BCUT2D eigenvalue weighted by Gasteiger charge is -2.33. The summed E-state index contributed by atoms with van der Waals surface area (Å²) >= 11 is 0. The van der Waals surface area contributed by atoms with Crippen LogP contribution in [0.4, 0.5) is 8.78 Å². The first-order valence-corrected chi connectivity index (χ1v) is 12.4. The summed E-state index contributed by atoms with van der Waals surface area (Å²) in [6.07, 6.45) is -0.236. The first kappa shape index (κ1) is 28.2. The van der Waals surface area contributed by atoms with E-state index in [1.54, 1.807) is 6.92 Å². The molecule has 2 aromatic carbocycles. The maximum absolute atomic E-state index is 13.8. The van der Waals surface area contributed by atoms with E-state index in [9.17, 15) is 28.3 Å². The minimum atomic E-state index is -1.10. The maximum atomic E-state index is 13.8. The van der Waals surface area contributed by atoms with Crippen molar-refractivity contribution in [3.8, 4) is 0 Å². The van der Waals surface area contributed by atoms with Crippen molar-refractivity contribution < 1.29 is 28.3 Å². The maximum Gasteiger partial charge on any atom is 0.243 e. The molecule has 3 amide bonds. The van der Waals surface area contributed by atoms with Gasteiger partial charge in [0.1, 0.15) is 24.7 Å². The molecule has 8 nitrogen and oxygen atoms in total. The third-order valence-electron chi connectivity index (χ3n) is 6.34. The number of likely N-dealkylation sites (N-methyl/N-ethyl adjacent to an activating group) is 1. The molecule has 0 unspecified atom stereocenters. The molecule has 0 radical (unpaired) electrons. The van der Waals surface area contributed by atoms with E-state index in [2.05, 4.69) is 23.6 Å². The highest BCUT2D eigenvalue weighted by Gasteiger charge is 2.31. The summed E-state index contributed by atoms with van der Waals surface area (Å²) in [6.45, 7) is 4.15. The van der Waals surface area contributed by atoms with E-state index in [1.807, 2.05) is 18.2 Å². The standard InChI is InChI=1S/C27H34F2N4O4/c1-3-18-6-5-7-19(8-18)13-30-14-24(34)23(11-20-9-21(28)12-22(29)10-20)31-25(35)15-33-17-26(36)32(4-2)16-27(33)37/h5-10,12,23-24,30,34H,3-4,11,13-17H2,1-2H3,(H,31,35)/t23-,24+/m0/s1. The summed E-state index contributed by atoms with van der Waals surface area (Å²) < 4.78 is 27.5. The lowest BCUT2D eigenvalue weighted by molar-refractivity contribution is -0.151. The molecule has 1 aliphatic heterocycles. The van der Waals surface area contributed by atoms with Gasteiger partial charge in [0, 0.05) is 25.7 Å². The van der Waals surface area contributed by atoms with Crippen LogP contribution in [0.15, 0.2) is 42.5 Å². The zero-order valence-corrected chi connectivity index (χ0v) is 21.2. The van der Waals surface area contributed by atoms with Crippen LogP contribution in [0.3, 0.4) is 0 Å². The number of piperazine rings is 1. The first-order chi connectivity index (χ1) is 17.7. The average Bonchev–Trinajstić information content (AvgIpc) is 2.85. The number of halogens is 2. The van der Waals surface area contributed by atoms with Crippen molar-refractivity contribution in [2.75, 3.05) is 32.7 Å². The Bertz CT molecular complexity index is 1090. The van der Waals surface area contributed by atoms with Gasteiger partial charge in [-0.2, -0.15) is 0 Å². The molecule has 37 heavy (non-hydrogen) atoms. The van der Waals surface area contributed by atoms with Crippen LogP contribution in [0, 0.1) is 11.6 Å². The van der Waals surface area contributed by atoms with Gasteiger partial charge in [-0.1, -0.05) is 31.2 Å². The smallest absolute Gasteiger partial charge is 0.243 e. The Morgan fingerprint density at radius 1 is 0.973 bits per heavy atom. The van der Waals surface area contributed by atoms with Crippen molar-refractivity contribution in [3.63, 3.8) is 0 Å². The number of benzene rings is 2. The summed E-state index contributed by atoms with van der Waals surface area (Å²) in [5, 5.41) is 16.7. The Balaban J connectivity index is 1.65. The van der Waals surface area contributed by atoms with Crippen molar-refractivity contribution >= 4 is 17.7 Å². The number of aliphatic hydroxyl groups is 1. The minimum Gasteiger partial charge on any atom is -0.390 e. The van der Waals surface area contributed by atoms with E-state index < -0.39 is 29.7 Å². The zero-order chi connectivity index (χ0) is 26.9. The van der Waals surface area contributed by atoms with Gasteiger partial charge in [-0.15, -0.1) is 0 Å². The van der Waals surface area contributed by atoms with E-state index in [-0.39, 0.29) is 50.0 Å². The molecule has 200 valence electrons. The van der Waals surface area contributed by atoms with Crippen molar-refractivity contribution in [2.45, 2.75) is 45.4 Å². The van der Waals surface area contributed by atoms with Crippen molar-refractivity contribution in [2.24, 2.45) is 0 Å². The van der Waals surface area contributed by atoms with Crippen LogP contribution in [0.2, 0.25) is 0 Å². The summed E-state index contributed by atoms with van der Waals surface area (Å²) in [6, 6.07) is 10.1. The molecule has 0 saturated carbocycles. The molecule has 0 bridgehead atoms. The number of amides is 3. The van der Waals surface area contributed by atoms with Crippen molar-refractivity contribution in [1.82, 2.24) is 20.4 Å². The predicted octanol–water partition coefficient (Wildman–Crippen LogP) is 1.40. The van der Waals surface area contributed by atoms with E-state index in [0.29, 0.717) is 13.1 Å². The van der Waals surface area contributed by atoms with Crippen molar-refractivity contribution in [3.05, 3.63) is 70.8 Å². The summed E-state index contributed by atoms with van der Waals surface area (Å²) in [4.78, 5) is 39.9. The third-order valence-corrected chi connectivity index (χ3v) is 6.34. The SMILES string of the molecule is CCc1cccc(CNC[C@@H](O)[C@H](Cc2cc(F)cc(F)c2)NC(=O)CN2CC(=O)N(CC)CC2=O)c1. The summed E-state index contributed by atoms with van der Waals surface area (Å²) in [7, 11) is 0.